The van der Waals surface area contributed by atoms with Gasteiger partial charge in [0, 0.05) is 18.3 Å². The van der Waals surface area contributed by atoms with Crippen molar-refractivity contribution in [2.45, 2.75) is 32.9 Å². The van der Waals surface area contributed by atoms with Crippen LogP contribution in [0.5, 0.6) is 5.75 Å². The van der Waals surface area contributed by atoms with Crippen LogP contribution in [0.3, 0.4) is 0 Å². The molecule has 0 radical (unpaired) electrons. The topological polar surface area (TPSA) is 59.0 Å². The lowest BCUT2D eigenvalue weighted by Crippen LogP contribution is -2.43. The predicted octanol–water partition coefficient (Wildman–Crippen LogP) is 1.97. The highest BCUT2D eigenvalue weighted by Gasteiger charge is 2.35. The second kappa shape index (κ2) is 6.80. The number of aryl methyl sites for hydroxylation is 1. The summed E-state index contributed by atoms with van der Waals surface area (Å²) in [6.07, 6.45) is 0.439. The molecule has 0 saturated heterocycles. The molecule has 1 N–H and O–H groups in total. The number of anilines is 1. The maximum atomic E-state index is 12.1. The number of fused-ring (bicyclic) bond motifs is 1. The molecule has 116 valence electrons. The molecule has 0 aromatic heterocycles. The van der Waals surface area contributed by atoms with Gasteiger partial charge in [0.2, 0.25) is 0 Å². The lowest BCUT2D eigenvalue weighted by molar-refractivity contribution is -0.152. The molecule has 5 heteroatoms. The standard InChI is InChI=1S/C16H23NO4/c1-4-17-14-10-12(20-3)8-6-11(14)7-9-13(15(17)18)16(19)21-5-2/h6,8,10,13,15,18H,4-5,7,9H2,1-3H3. The van der Waals surface area contributed by atoms with Gasteiger partial charge in [-0.2, -0.15) is 0 Å². The fourth-order valence-corrected chi connectivity index (χ4v) is 2.82. The Bertz CT molecular complexity index is 503. The molecular formula is C16H23NO4. The average Bonchev–Trinajstić information content (AvgIpc) is 2.62. The van der Waals surface area contributed by atoms with Crippen molar-refractivity contribution < 1.29 is 19.4 Å². The third-order valence-corrected chi connectivity index (χ3v) is 3.94. The molecule has 1 aliphatic rings. The SMILES string of the molecule is CCOC(=O)C1CCc2ccc(OC)cc2N(CC)C1O. The number of carbonyl (C=O) groups is 1. The number of benzene rings is 1. The molecule has 2 unspecified atom stereocenters. The summed E-state index contributed by atoms with van der Waals surface area (Å²) >= 11 is 0. The van der Waals surface area contributed by atoms with E-state index in [2.05, 4.69) is 0 Å². The number of hydrogen-bond donors (Lipinski definition) is 1. The molecule has 2 atom stereocenters. The van der Waals surface area contributed by atoms with Crippen LogP contribution in [-0.2, 0) is 16.0 Å². The molecule has 0 amide bonds. The van der Waals surface area contributed by atoms with Crippen LogP contribution in [0, 0.1) is 5.92 Å². The minimum atomic E-state index is -0.873. The molecule has 21 heavy (non-hydrogen) atoms. The van der Waals surface area contributed by atoms with Crippen LogP contribution in [-0.4, -0.2) is 37.6 Å². The van der Waals surface area contributed by atoms with Crippen molar-refractivity contribution in [2.24, 2.45) is 5.92 Å². The Morgan fingerprint density at radius 2 is 2.19 bits per heavy atom. The minimum absolute atomic E-state index is 0.328. The Morgan fingerprint density at radius 1 is 1.43 bits per heavy atom. The first-order valence-electron chi connectivity index (χ1n) is 7.40. The third-order valence-electron chi connectivity index (χ3n) is 3.94. The Kier molecular flexibility index (Phi) is 5.07. The number of aliphatic hydroxyl groups is 1. The highest BCUT2D eigenvalue weighted by atomic mass is 16.5. The minimum Gasteiger partial charge on any atom is -0.497 e. The average molecular weight is 293 g/mol. The van der Waals surface area contributed by atoms with Gasteiger partial charge in [-0.1, -0.05) is 6.07 Å². The van der Waals surface area contributed by atoms with Crippen molar-refractivity contribution in [1.82, 2.24) is 0 Å². The fourth-order valence-electron chi connectivity index (χ4n) is 2.82. The fraction of sp³-hybridized carbons (Fsp3) is 0.562. The number of ether oxygens (including phenoxy) is 2. The molecule has 0 saturated carbocycles. The van der Waals surface area contributed by atoms with Crippen molar-refractivity contribution in [3.8, 4) is 5.75 Å². The third kappa shape index (κ3) is 3.13. The summed E-state index contributed by atoms with van der Waals surface area (Å²) in [5, 5.41) is 10.6. The van der Waals surface area contributed by atoms with E-state index in [4.69, 9.17) is 9.47 Å². The van der Waals surface area contributed by atoms with Gasteiger partial charge in [0.05, 0.1) is 13.7 Å². The second-order valence-corrected chi connectivity index (χ2v) is 5.09. The smallest absolute Gasteiger partial charge is 0.313 e. The summed E-state index contributed by atoms with van der Waals surface area (Å²) in [6.45, 7) is 4.67. The lowest BCUT2D eigenvalue weighted by Gasteiger charge is -2.31. The molecule has 1 heterocycles. The molecule has 2 rings (SSSR count). The number of hydrogen-bond acceptors (Lipinski definition) is 5. The van der Waals surface area contributed by atoms with Gasteiger partial charge in [0.1, 0.15) is 17.9 Å². The van der Waals surface area contributed by atoms with Gasteiger partial charge in [-0.05, 0) is 38.3 Å². The van der Waals surface area contributed by atoms with Gasteiger partial charge in [-0.15, -0.1) is 0 Å². The highest BCUT2D eigenvalue weighted by molar-refractivity contribution is 5.75. The van der Waals surface area contributed by atoms with Crippen LogP contribution in [0.25, 0.3) is 0 Å². The van der Waals surface area contributed by atoms with E-state index >= 15 is 0 Å². The summed E-state index contributed by atoms with van der Waals surface area (Å²) in [7, 11) is 1.62. The van der Waals surface area contributed by atoms with Crippen LogP contribution < -0.4 is 9.64 Å². The van der Waals surface area contributed by atoms with Gasteiger partial charge >= 0.3 is 5.97 Å². The maximum absolute atomic E-state index is 12.1. The number of nitrogens with zero attached hydrogens (tertiary/aromatic N) is 1. The van der Waals surface area contributed by atoms with E-state index in [9.17, 15) is 9.90 Å². The Labute approximate surface area is 125 Å². The molecule has 5 nitrogen and oxygen atoms in total. The van der Waals surface area contributed by atoms with Gasteiger partial charge in [0.15, 0.2) is 0 Å². The molecule has 1 aromatic rings. The molecular weight excluding hydrogens is 270 g/mol. The quantitative estimate of drug-likeness (QED) is 0.860. The van der Waals surface area contributed by atoms with E-state index in [-0.39, 0.29) is 5.97 Å². The number of carbonyl (C=O) groups excluding carboxylic acids is 1. The first-order valence-corrected chi connectivity index (χ1v) is 7.40. The van der Waals surface area contributed by atoms with E-state index in [0.717, 1.165) is 23.4 Å². The lowest BCUT2D eigenvalue weighted by atomic mass is 10.00. The Hall–Kier alpha value is -1.75. The zero-order valence-electron chi connectivity index (χ0n) is 12.8. The Balaban J connectivity index is 2.35. The molecule has 0 spiro atoms. The first kappa shape index (κ1) is 15.6. The van der Waals surface area contributed by atoms with E-state index in [1.165, 1.54) is 0 Å². The maximum Gasteiger partial charge on any atom is 0.313 e. The van der Waals surface area contributed by atoms with Crippen molar-refractivity contribution in [3.63, 3.8) is 0 Å². The number of aliphatic hydroxyl groups excluding tert-OH is 1. The normalized spacial score (nSPS) is 21.4. The van der Waals surface area contributed by atoms with Gasteiger partial charge in [0.25, 0.3) is 0 Å². The van der Waals surface area contributed by atoms with E-state index in [1.807, 2.05) is 30.0 Å². The Morgan fingerprint density at radius 3 is 2.81 bits per heavy atom. The zero-order chi connectivity index (χ0) is 15.4. The summed E-state index contributed by atoms with van der Waals surface area (Å²) in [4.78, 5) is 13.9. The summed E-state index contributed by atoms with van der Waals surface area (Å²) in [6, 6.07) is 5.82. The number of methoxy groups -OCH3 is 1. The van der Waals surface area contributed by atoms with E-state index in [1.54, 1.807) is 14.0 Å². The van der Waals surface area contributed by atoms with Crippen LogP contribution in [0.15, 0.2) is 18.2 Å². The summed E-state index contributed by atoms with van der Waals surface area (Å²) in [5.41, 5.74) is 2.04. The molecule has 1 aromatic carbocycles. The van der Waals surface area contributed by atoms with Crippen LogP contribution in [0.4, 0.5) is 5.69 Å². The summed E-state index contributed by atoms with van der Waals surface area (Å²) < 4.78 is 10.4. The van der Waals surface area contributed by atoms with Crippen molar-refractivity contribution >= 4 is 11.7 Å². The van der Waals surface area contributed by atoms with Crippen molar-refractivity contribution in [3.05, 3.63) is 23.8 Å². The van der Waals surface area contributed by atoms with Crippen molar-refractivity contribution in [2.75, 3.05) is 25.2 Å². The zero-order valence-corrected chi connectivity index (χ0v) is 12.8. The van der Waals surface area contributed by atoms with E-state index in [0.29, 0.717) is 19.6 Å². The second-order valence-electron chi connectivity index (χ2n) is 5.09. The van der Waals surface area contributed by atoms with Crippen LogP contribution in [0.1, 0.15) is 25.8 Å². The van der Waals surface area contributed by atoms with Gasteiger partial charge in [-0.25, -0.2) is 0 Å². The summed E-state index contributed by atoms with van der Waals surface area (Å²) in [5.74, 6) is -0.111. The molecule has 0 fully saturated rings. The number of esters is 1. The largest absolute Gasteiger partial charge is 0.497 e. The number of rotatable bonds is 4. The van der Waals surface area contributed by atoms with Gasteiger partial charge < -0.3 is 19.5 Å². The predicted molar refractivity (Wildman–Crippen MR) is 80.5 cm³/mol. The molecule has 1 aliphatic heterocycles. The highest BCUT2D eigenvalue weighted by Crippen LogP contribution is 2.34. The van der Waals surface area contributed by atoms with E-state index < -0.39 is 12.1 Å². The van der Waals surface area contributed by atoms with Crippen molar-refractivity contribution in [1.29, 1.82) is 0 Å². The first-order chi connectivity index (χ1) is 10.1. The molecule has 0 aliphatic carbocycles. The van der Waals surface area contributed by atoms with Crippen LogP contribution in [0.2, 0.25) is 0 Å². The van der Waals surface area contributed by atoms with Gasteiger partial charge in [-0.3, -0.25) is 4.79 Å². The van der Waals surface area contributed by atoms with Crippen LogP contribution >= 0.6 is 0 Å². The molecule has 0 bridgehead atoms. The monoisotopic (exact) mass is 293 g/mol.